The molecule has 0 atom stereocenters. The first-order chi connectivity index (χ1) is 13.4. The van der Waals surface area contributed by atoms with Crippen LogP contribution in [0, 0.1) is 0 Å². The summed E-state index contributed by atoms with van der Waals surface area (Å²) in [5.74, 6) is 0.572. The Morgan fingerprint density at radius 3 is 2.18 bits per heavy atom. The van der Waals surface area contributed by atoms with Gasteiger partial charge in [0, 0.05) is 37.3 Å². The monoisotopic (exact) mass is 383 g/mol. The molecule has 1 heterocycles. The molecule has 0 fully saturated rings. The molecule has 146 valence electrons. The Balaban J connectivity index is 1.65. The summed E-state index contributed by atoms with van der Waals surface area (Å²) < 4.78 is 10.6. The molecule has 0 aliphatic carbocycles. The molecule has 0 bridgehead atoms. The smallest absolute Gasteiger partial charge is 0.251 e. The van der Waals surface area contributed by atoms with Crippen LogP contribution < -0.4 is 25.4 Å². The van der Waals surface area contributed by atoms with E-state index in [9.17, 15) is 14.4 Å². The van der Waals surface area contributed by atoms with Crippen LogP contribution in [0.4, 0.5) is 11.4 Å². The number of rotatable bonds is 6. The topological polar surface area (TPSA) is 106 Å². The van der Waals surface area contributed by atoms with E-state index in [-0.39, 0.29) is 24.5 Å². The van der Waals surface area contributed by atoms with Crippen LogP contribution in [0.5, 0.6) is 11.5 Å². The molecule has 1 aliphatic rings. The third-order valence-corrected chi connectivity index (χ3v) is 3.97. The highest BCUT2D eigenvalue weighted by Gasteiger charge is 2.14. The van der Waals surface area contributed by atoms with Gasteiger partial charge in [-0.2, -0.15) is 0 Å². The first kappa shape index (κ1) is 19.2. The van der Waals surface area contributed by atoms with Gasteiger partial charge in [-0.05, 0) is 42.3 Å². The summed E-state index contributed by atoms with van der Waals surface area (Å²) in [6.45, 7) is 3.38. The SMILES string of the molecule is CC(=O)Nc1cc(NC(C)=O)cc(C(=O)NCCc2ccc3c(c2)OCO3)c1. The first-order valence-corrected chi connectivity index (χ1v) is 8.78. The third kappa shape index (κ3) is 5.00. The van der Waals surface area contributed by atoms with Crippen molar-refractivity contribution in [1.82, 2.24) is 5.32 Å². The summed E-state index contributed by atoms with van der Waals surface area (Å²) in [7, 11) is 0. The van der Waals surface area contributed by atoms with Gasteiger partial charge in [0.2, 0.25) is 18.6 Å². The number of carbonyl (C=O) groups is 3. The zero-order chi connectivity index (χ0) is 20.1. The van der Waals surface area contributed by atoms with E-state index < -0.39 is 0 Å². The van der Waals surface area contributed by atoms with E-state index in [0.29, 0.717) is 41.4 Å². The summed E-state index contributed by atoms with van der Waals surface area (Å²) >= 11 is 0. The number of ether oxygens (including phenoxy) is 2. The van der Waals surface area contributed by atoms with Crippen molar-refractivity contribution in [2.45, 2.75) is 20.3 Å². The highest BCUT2D eigenvalue weighted by molar-refractivity contribution is 5.99. The Kier molecular flexibility index (Phi) is 5.78. The second-order valence-corrected chi connectivity index (χ2v) is 6.35. The van der Waals surface area contributed by atoms with Gasteiger partial charge in [-0.1, -0.05) is 6.07 Å². The maximum Gasteiger partial charge on any atom is 0.251 e. The van der Waals surface area contributed by atoms with Crippen molar-refractivity contribution in [3.05, 3.63) is 47.5 Å². The van der Waals surface area contributed by atoms with Gasteiger partial charge in [-0.25, -0.2) is 0 Å². The van der Waals surface area contributed by atoms with E-state index in [1.165, 1.54) is 13.8 Å². The second-order valence-electron chi connectivity index (χ2n) is 6.35. The average molecular weight is 383 g/mol. The summed E-state index contributed by atoms with van der Waals surface area (Å²) in [5, 5.41) is 8.09. The fourth-order valence-corrected chi connectivity index (χ4v) is 2.83. The predicted octanol–water partition coefficient (Wildman–Crippen LogP) is 2.30. The number of hydrogen-bond donors (Lipinski definition) is 3. The third-order valence-electron chi connectivity index (χ3n) is 3.97. The highest BCUT2D eigenvalue weighted by Crippen LogP contribution is 2.32. The molecular formula is C20H21N3O5. The van der Waals surface area contributed by atoms with Crippen LogP contribution in [-0.2, 0) is 16.0 Å². The molecule has 2 aromatic rings. The van der Waals surface area contributed by atoms with Crippen molar-refractivity contribution >= 4 is 29.1 Å². The molecule has 8 heteroatoms. The van der Waals surface area contributed by atoms with Crippen LogP contribution >= 0.6 is 0 Å². The Bertz CT molecular complexity index is 892. The first-order valence-electron chi connectivity index (χ1n) is 8.78. The molecular weight excluding hydrogens is 362 g/mol. The van der Waals surface area contributed by atoms with Crippen LogP contribution in [0.3, 0.4) is 0 Å². The number of anilines is 2. The fraction of sp³-hybridized carbons (Fsp3) is 0.250. The largest absolute Gasteiger partial charge is 0.454 e. The van der Waals surface area contributed by atoms with Gasteiger partial charge in [0.1, 0.15) is 0 Å². The van der Waals surface area contributed by atoms with Crippen molar-refractivity contribution in [2.75, 3.05) is 24.0 Å². The number of amides is 3. The van der Waals surface area contributed by atoms with Crippen molar-refractivity contribution in [3.8, 4) is 11.5 Å². The van der Waals surface area contributed by atoms with Gasteiger partial charge in [-0.3, -0.25) is 14.4 Å². The number of hydrogen-bond acceptors (Lipinski definition) is 5. The van der Waals surface area contributed by atoms with Gasteiger partial charge >= 0.3 is 0 Å². The molecule has 0 saturated carbocycles. The molecule has 28 heavy (non-hydrogen) atoms. The number of carbonyl (C=O) groups excluding carboxylic acids is 3. The quantitative estimate of drug-likeness (QED) is 0.710. The average Bonchev–Trinajstić information content (AvgIpc) is 3.08. The van der Waals surface area contributed by atoms with Crippen molar-refractivity contribution < 1.29 is 23.9 Å². The van der Waals surface area contributed by atoms with E-state index in [1.54, 1.807) is 18.2 Å². The van der Waals surface area contributed by atoms with Gasteiger partial charge < -0.3 is 25.4 Å². The van der Waals surface area contributed by atoms with Crippen molar-refractivity contribution in [3.63, 3.8) is 0 Å². The second kappa shape index (κ2) is 8.43. The molecule has 1 aliphatic heterocycles. The summed E-state index contributed by atoms with van der Waals surface area (Å²) in [6.07, 6.45) is 0.617. The van der Waals surface area contributed by atoms with Gasteiger partial charge in [0.15, 0.2) is 11.5 Å². The number of benzene rings is 2. The molecule has 0 unspecified atom stereocenters. The Labute approximate surface area is 162 Å². The molecule has 0 spiro atoms. The molecule has 8 nitrogen and oxygen atoms in total. The summed E-state index contributed by atoms with van der Waals surface area (Å²) in [6, 6.07) is 10.4. The molecule has 3 N–H and O–H groups in total. The molecule has 3 amide bonds. The maximum atomic E-state index is 12.5. The lowest BCUT2D eigenvalue weighted by Gasteiger charge is -2.11. The summed E-state index contributed by atoms with van der Waals surface area (Å²) in [5.41, 5.74) is 2.20. The number of fused-ring (bicyclic) bond motifs is 1. The summed E-state index contributed by atoms with van der Waals surface area (Å²) in [4.78, 5) is 35.2. The zero-order valence-electron chi connectivity index (χ0n) is 15.6. The molecule has 0 radical (unpaired) electrons. The standard InChI is InChI=1S/C20H21N3O5/c1-12(24)22-16-8-15(9-17(10-16)23-13(2)25)20(26)21-6-5-14-3-4-18-19(7-14)28-11-27-18/h3-4,7-10H,5-6,11H2,1-2H3,(H,21,26)(H,22,24)(H,23,25). The van der Waals surface area contributed by atoms with Crippen LogP contribution in [-0.4, -0.2) is 31.1 Å². The van der Waals surface area contributed by atoms with E-state index in [2.05, 4.69) is 16.0 Å². The molecule has 3 rings (SSSR count). The Morgan fingerprint density at radius 2 is 1.54 bits per heavy atom. The lowest BCUT2D eigenvalue weighted by atomic mass is 10.1. The molecule has 2 aromatic carbocycles. The lowest BCUT2D eigenvalue weighted by molar-refractivity contribution is -0.115. The lowest BCUT2D eigenvalue weighted by Crippen LogP contribution is -2.26. The van der Waals surface area contributed by atoms with Crippen LogP contribution in [0.15, 0.2) is 36.4 Å². The maximum absolute atomic E-state index is 12.5. The van der Waals surface area contributed by atoms with E-state index >= 15 is 0 Å². The fourth-order valence-electron chi connectivity index (χ4n) is 2.83. The minimum absolute atomic E-state index is 0.219. The van der Waals surface area contributed by atoms with Gasteiger partial charge in [0.05, 0.1) is 0 Å². The van der Waals surface area contributed by atoms with Gasteiger partial charge in [0.25, 0.3) is 5.91 Å². The van der Waals surface area contributed by atoms with Crippen LogP contribution in [0.1, 0.15) is 29.8 Å². The highest BCUT2D eigenvalue weighted by atomic mass is 16.7. The van der Waals surface area contributed by atoms with Crippen molar-refractivity contribution in [2.24, 2.45) is 0 Å². The van der Waals surface area contributed by atoms with E-state index in [4.69, 9.17) is 9.47 Å². The van der Waals surface area contributed by atoms with Gasteiger partial charge in [-0.15, -0.1) is 0 Å². The minimum Gasteiger partial charge on any atom is -0.454 e. The minimum atomic E-state index is -0.306. The predicted molar refractivity (Wildman–Crippen MR) is 104 cm³/mol. The van der Waals surface area contributed by atoms with E-state index in [0.717, 1.165) is 5.56 Å². The van der Waals surface area contributed by atoms with Crippen molar-refractivity contribution in [1.29, 1.82) is 0 Å². The van der Waals surface area contributed by atoms with Crippen LogP contribution in [0.25, 0.3) is 0 Å². The number of nitrogens with one attached hydrogen (secondary N) is 3. The zero-order valence-corrected chi connectivity index (χ0v) is 15.6. The van der Waals surface area contributed by atoms with Crippen LogP contribution in [0.2, 0.25) is 0 Å². The van der Waals surface area contributed by atoms with E-state index in [1.807, 2.05) is 18.2 Å². The Hall–Kier alpha value is -3.55. The molecule has 0 saturated heterocycles. The Morgan fingerprint density at radius 1 is 0.893 bits per heavy atom. The normalized spacial score (nSPS) is 11.6. The molecule has 0 aromatic heterocycles.